The van der Waals surface area contributed by atoms with Crippen LogP contribution in [0.1, 0.15) is 79.6 Å². The van der Waals surface area contributed by atoms with E-state index in [-0.39, 0.29) is 31.2 Å². The number of hydrogen-bond acceptors (Lipinski definition) is 11. The van der Waals surface area contributed by atoms with Gasteiger partial charge in [-0.3, -0.25) is 19.1 Å². The van der Waals surface area contributed by atoms with Crippen molar-refractivity contribution in [2.24, 2.45) is 17.8 Å². The number of alkyl carbamates (subject to hydrolysis) is 1. The summed E-state index contributed by atoms with van der Waals surface area (Å²) in [6.45, 7) is 6.33. The lowest BCUT2D eigenvalue weighted by molar-refractivity contribution is -0.244. The molecule has 0 spiro atoms. The number of nitrogens with zero attached hydrogens (tertiary/aromatic N) is 3. The Balaban J connectivity index is 1.38. The molecule has 15 nitrogen and oxygen atoms in total. The molecule has 2 aromatic rings. The van der Waals surface area contributed by atoms with Crippen LogP contribution in [0.25, 0.3) is 10.8 Å². The third kappa shape index (κ3) is 9.10. The van der Waals surface area contributed by atoms with Crippen LogP contribution in [0, 0.1) is 17.8 Å². The summed E-state index contributed by atoms with van der Waals surface area (Å²) >= 11 is 0. The van der Waals surface area contributed by atoms with Crippen LogP contribution in [0.15, 0.2) is 36.4 Å². The molecule has 2 saturated carbocycles. The molecule has 1 saturated heterocycles. The van der Waals surface area contributed by atoms with Crippen molar-refractivity contribution in [1.82, 2.24) is 25.2 Å². The van der Waals surface area contributed by atoms with Crippen LogP contribution in [-0.2, 0) is 29.1 Å². The topological polar surface area (TPSA) is 186 Å². The van der Waals surface area contributed by atoms with Crippen molar-refractivity contribution in [3.63, 3.8) is 0 Å². The fourth-order valence-corrected chi connectivity index (χ4v) is 9.15. The second-order valence-electron chi connectivity index (χ2n) is 17.7. The number of fused-ring (bicyclic) bond motifs is 3. The quantitative estimate of drug-likeness (QED) is 0.289. The maximum Gasteiger partial charge on any atom is 0.427 e. The van der Waals surface area contributed by atoms with Crippen molar-refractivity contribution < 1.29 is 55.0 Å². The highest BCUT2D eigenvalue weighted by molar-refractivity contribution is 7.91. The first-order valence-corrected chi connectivity index (χ1v) is 21.6. The van der Waals surface area contributed by atoms with E-state index in [2.05, 4.69) is 15.4 Å². The molecule has 1 aromatic carbocycles. The van der Waals surface area contributed by atoms with Crippen LogP contribution < -0.4 is 29.7 Å². The Morgan fingerprint density at radius 3 is 2.42 bits per heavy atom. The van der Waals surface area contributed by atoms with E-state index in [9.17, 15) is 40.8 Å². The Kier molecular flexibility index (Phi) is 12.1. The number of rotatable bonds is 9. The second kappa shape index (κ2) is 16.2. The van der Waals surface area contributed by atoms with Gasteiger partial charge in [-0.25, -0.2) is 13.2 Å². The van der Waals surface area contributed by atoms with Gasteiger partial charge in [0.25, 0.3) is 5.91 Å². The zero-order valence-electron chi connectivity index (χ0n) is 35.1. The summed E-state index contributed by atoms with van der Waals surface area (Å²) in [4.78, 5) is 64.3. The number of anilines is 1. The van der Waals surface area contributed by atoms with Gasteiger partial charge in [0, 0.05) is 31.8 Å². The first kappa shape index (κ1) is 44.7. The van der Waals surface area contributed by atoms with Crippen LogP contribution in [0.4, 0.5) is 23.8 Å². The number of ether oxygens (including phenoxy) is 3. The molecule has 2 aliphatic heterocycles. The molecule has 3 fully saturated rings. The first-order valence-electron chi connectivity index (χ1n) is 20.2. The highest BCUT2D eigenvalue weighted by atomic mass is 32.2. The molecule has 0 unspecified atom stereocenters. The molecule has 4 amide bonds. The summed E-state index contributed by atoms with van der Waals surface area (Å²) in [5, 5.41) is 6.54. The fraction of sp³-hybridized carbons (Fsp3) is 0.634. The number of pyridine rings is 1. The molecule has 7 atom stereocenters. The number of alkyl halides is 3. The van der Waals surface area contributed by atoms with Gasteiger partial charge in [-0.2, -0.15) is 18.2 Å². The third-order valence-electron chi connectivity index (χ3n) is 12.3. The van der Waals surface area contributed by atoms with E-state index in [1.165, 1.54) is 18.9 Å². The minimum absolute atomic E-state index is 0.0432. The monoisotopic (exact) mass is 864 g/mol. The molecule has 3 N–H and O–H groups in total. The lowest BCUT2D eigenvalue weighted by Crippen LogP contribution is -2.59. The molecule has 1 aromatic heterocycles. The molecule has 6 rings (SSSR count). The average molecular weight is 865 g/mol. The normalized spacial score (nSPS) is 28.3. The Hall–Kier alpha value is -4.81. The van der Waals surface area contributed by atoms with Crippen LogP contribution in [0.5, 0.6) is 11.6 Å². The number of halogens is 3. The van der Waals surface area contributed by atoms with E-state index in [1.807, 2.05) is 19.1 Å². The van der Waals surface area contributed by atoms with E-state index in [0.717, 1.165) is 5.39 Å². The highest BCUT2D eigenvalue weighted by Crippen LogP contribution is 2.48. The third-order valence-corrected chi connectivity index (χ3v) is 14.4. The molecule has 0 radical (unpaired) electrons. The lowest BCUT2D eigenvalue weighted by Gasteiger charge is -2.34. The van der Waals surface area contributed by atoms with Crippen LogP contribution >= 0.6 is 0 Å². The Bertz CT molecular complexity index is 2160. The van der Waals surface area contributed by atoms with Crippen LogP contribution in [-0.4, -0.2) is 110 Å². The van der Waals surface area contributed by atoms with Crippen molar-refractivity contribution in [1.29, 1.82) is 0 Å². The van der Waals surface area contributed by atoms with E-state index in [1.54, 1.807) is 50.2 Å². The zero-order valence-corrected chi connectivity index (χ0v) is 36.0. The average Bonchev–Trinajstić information content (AvgIpc) is 4.04. The smallest absolute Gasteiger partial charge is 0.427 e. The lowest BCUT2D eigenvalue weighted by atomic mass is 9.88. The van der Waals surface area contributed by atoms with Gasteiger partial charge >= 0.3 is 12.3 Å². The summed E-state index contributed by atoms with van der Waals surface area (Å²) < 4.78 is 85.7. The summed E-state index contributed by atoms with van der Waals surface area (Å²) in [7, 11) is 1.05. The van der Waals surface area contributed by atoms with Gasteiger partial charge in [0.05, 0.1) is 18.4 Å². The second-order valence-corrected chi connectivity index (χ2v) is 19.9. The predicted molar refractivity (Wildman–Crippen MR) is 216 cm³/mol. The van der Waals surface area contributed by atoms with Gasteiger partial charge in [-0.15, -0.1) is 0 Å². The molecule has 330 valence electrons. The van der Waals surface area contributed by atoms with Crippen molar-refractivity contribution >= 4 is 50.4 Å². The van der Waals surface area contributed by atoms with Crippen molar-refractivity contribution in [3.05, 3.63) is 36.4 Å². The Labute approximate surface area is 348 Å². The van der Waals surface area contributed by atoms with Gasteiger partial charge in [0.2, 0.25) is 33.3 Å². The SMILES string of the molecule is COc1ccc2c(O[C@@H]3C[C@H]4C(=O)N[C@]5(C(=O)NS(=O)(=O)C6(C)CC6)C[C@H]5C=CCC[C@@H](C)C[C@@H](C)[C@H](NC(=O)OC(C)(C)C(F)(F)F)C(=O)N4C3)nc(N(C)C)cc2c1. The minimum atomic E-state index is -4.92. The first-order chi connectivity index (χ1) is 27.9. The van der Waals surface area contributed by atoms with Gasteiger partial charge in [0.15, 0.2) is 0 Å². The molecule has 19 heteroatoms. The molecule has 4 aliphatic rings. The molecular formula is C41H55F3N6O9S. The number of sulfonamides is 1. The van der Waals surface area contributed by atoms with Crippen molar-refractivity contribution in [3.8, 4) is 11.6 Å². The summed E-state index contributed by atoms with van der Waals surface area (Å²) in [5.41, 5.74) is -4.54. The van der Waals surface area contributed by atoms with Gasteiger partial charge in [-0.05, 0) is 101 Å². The predicted octanol–water partition coefficient (Wildman–Crippen LogP) is 4.98. The number of aromatic nitrogens is 1. The fourth-order valence-electron chi connectivity index (χ4n) is 7.84. The van der Waals surface area contributed by atoms with Gasteiger partial charge in [0.1, 0.15) is 35.3 Å². The number of carbonyl (C=O) groups is 4. The summed E-state index contributed by atoms with van der Waals surface area (Å²) in [6, 6.07) is 4.36. The van der Waals surface area contributed by atoms with E-state index in [4.69, 9.17) is 19.2 Å². The maximum atomic E-state index is 14.9. The molecule has 60 heavy (non-hydrogen) atoms. The molecule has 3 heterocycles. The summed E-state index contributed by atoms with van der Waals surface area (Å²) in [5.74, 6) is -2.39. The Morgan fingerprint density at radius 2 is 1.78 bits per heavy atom. The molecule has 0 bridgehead atoms. The number of amides is 4. The number of allylic oxidation sites excluding steroid dienone is 1. The standard InChI is InChI=1S/C41H55F3N6O9S/c1-23-11-9-10-12-26-21-40(26,36(53)48-60(55,56)39(5)15-16-39)47-33(51)30-20-28(58-34-29-14-13-27(57-8)18-25(29)19-31(45-34)49(6)7)22-50(30)35(52)32(24(2)17-23)46-37(54)59-38(3,4)41(42,43)44/h10,12-14,18-19,23-24,26,28,30,32H,9,11,15-17,20-22H2,1-8H3,(H,46,54)(H,47,51)(H,48,53)/t23-,24-,26-,28-,30+,32+,40-/m1/s1. The van der Waals surface area contributed by atoms with Gasteiger partial charge < -0.3 is 34.6 Å². The van der Waals surface area contributed by atoms with Crippen LogP contribution in [0.3, 0.4) is 0 Å². The summed E-state index contributed by atoms with van der Waals surface area (Å²) in [6.07, 6.45) is -1.39. The number of nitrogens with one attached hydrogen (secondary N) is 3. The van der Waals surface area contributed by atoms with Crippen molar-refractivity contribution in [2.75, 3.05) is 32.6 Å². The van der Waals surface area contributed by atoms with Crippen molar-refractivity contribution in [2.45, 2.75) is 120 Å². The van der Waals surface area contributed by atoms with Gasteiger partial charge in [-0.1, -0.05) is 26.0 Å². The van der Waals surface area contributed by atoms with E-state index in [0.29, 0.717) is 62.9 Å². The number of benzene rings is 1. The number of hydrogen-bond donors (Lipinski definition) is 3. The van der Waals surface area contributed by atoms with Crippen LogP contribution in [0.2, 0.25) is 0 Å². The number of carbonyl (C=O) groups excluding carboxylic acids is 4. The molecular weight excluding hydrogens is 810 g/mol. The zero-order chi connectivity index (χ0) is 44.2. The maximum absolute atomic E-state index is 14.9. The minimum Gasteiger partial charge on any atom is -0.497 e. The Morgan fingerprint density at radius 1 is 1.08 bits per heavy atom. The molecule has 2 aliphatic carbocycles. The van der Waals surface area contributed by atoms with E-state index >= 15 is 0 Å². The van der Waals surface area contributed by atoms with E-state index < -0.39 is 85.9 Å². The highest BCUT2D eigenvalue weighted by Gasteiger charge is 2.63. The largest absolute Gasteiger partial charge is 0.497 e. The number of methoxy groups -OCH3 is 1.